The van der Waals surface area contributed by atoms with Gasteiger partial charge in [-0.15, -0.1) is 0 Å². The van der Waals surface area contributed by atoms with Crippen molar-refractivity contribution in [1.29, 1.82) is 0 Å². The third-order valence-corrected chi connectivity index (χ3v) is 5.15. The second-order valence-electron chi connectivity index (χ2n) is 6.76. The van der Waals surface area contributed by atoms with E-state index in [1.807, 2.05) is 6.07 Å². The quantitative estimate of drug-likeness (QED) is 0.840. The molecule has 126 valence electrons. The molecule has 0 saturated carbocycles. The van der Waals surface area contributed by atoms with Crippen molar-refractivity contribution >= 4 is 11.9 Å². The Morgan fingerprint density at radius 2 is 1.70 bits per heavy atom. The van der Waals surface area contributed by atoms with Gasteiger partial charge in [-0.25, -0.2) is 9.97 Å². The number of amides is 1. The summed E-state index contributed by atoms with van der Waals surface area (Å²) in [5.74, 6) is 1.83. The number of nitrogens with zero attached hydrogens (tertiary/aromatic N) is 5. The molecule has 1 amide bonds. The average molecular weight is 317 g/mol. The second-order valence-corrected chi connectivity index (χ2v) is 6.76. The normalized spacial score (nSPS) is 22.2. The molecule has 1 atom stereocenters. The second kappa shape index (κ2) is 7.25. The molecule has 0 bridgehead atoms. The van der Waals surface area contributed by atoms with Crippen LogP contribution >= 0.6 is 0 Å². The molecular formula is C17H27N5O. The summed E-state index contributed by atoms with van der Waals surface area (Å²) < 4.78 is 0. The van der Waals surface area contributed by atoms with E-state index in [0.717, 1.165) is 64.0 Å². The van der Waals surface area contributed by atoms with Crippen LogP contribution in [0.15, 0.2) is 18.5 Å². The van der Waals surface area contributed by atoms with Gasteiger partial charge in [-0.2, -0.15) is 0 Å². The van der Waals surface area contributed by atoms with Crippen LogP contribution in [0.3, 0.4) is 0 Å². The molecule has 1 aromatic rings. The monoisotopic (exact) mass is 317 g/mol. The van der Waals surface area contributed by atoms with E-state index in [-0.39, 0.29) is 6.04 Å². The Balaban J connectivity index is 1.52. The van der Waals surface area contributed by atoms with Crippen molar-refractivity contribution < 1.29 is 4.79 Å². The minimum absolute atomic E-state index is 0.0257. The number of piperazine rings is 1. The van der Waals surface area contributed by atoms with Crippen LogP contribution in [0.25, 0.3) is 0 Å². The predicted molar refractivity (Wildman–Crippen MR) is 90.3 cm³/mol. The molecule has 0 aromatic carbocycles. The van der Waals surface area contributed by atoms with Crippen LogP contribution in [0.2, 0.25) is 0 Å². The number of hydrogen-bond donors (Lipinski definition) is 0. The SMILES string of the molecule is CC1CCN(C(=O)C(C)N2CCN(c3ncccn3)CC2)CC1. The number of likely N-dealkylation sites (tertiary alicyclic amines) is 1. The van der Waals surface area contributed by atoms with Crippen LogP contribution in [0, 0.1) is 5.92 Å². The summed E-state index contributed by atoms with van der Waals surface area (Å²) in [6.07, 6.45) is 5.82. The fourth-order valence-electron chi connectivity index (χ4n) is 3.41. The standard InChI is InChI=1S/C17H27N5O/c1-14-4-8-21(9-5-14)16(23)15(2)20-10-12-22(13-11-20)17-18-6-3-7-19-17/h3,6-7,14-15H,4-5,8-13H2,1-2H3. The zero-order chi connectivity index (χ0) is 16.2. The molecule has 2 aliphatic heterocycles. The van der Waals surface area contributed by atoms with Gasteiger partial charge in [-0.05, 0) is 31.7 Å². The zero-order valence-electron chi connectivity index (χ0n) is 14.2. The van der Waals surface area contributed by atoms with Crippen LogP contribution in [-0.4, -0.2) is 71.0 Å². The largest absolute Gasteiger partial charge is 0.341 e. The molecule has 0 spiro atoms. The molecule has 3 heterocycles. The van der Waals surface area contributed by atoms with Gasteiger partial charge in [0, 0.05) is 51.7 Å². The summed E-state index contributed by atoms with van der Waals surface area (Å²) in [5.41, 5.74) is 0. The first-order chi connectivity index (χ1) is 11.1. The van der Waals surface area contributed by atoms with Crippen LogP contribution in [0.1, 0.15) is 26.7 Å². The van der Waals surface area contributed by atoms with Gasteiger partial charge >= 0.3 is 0 Å². The molecule has 1 aromatic heterocycles. The molecule has 2 saturated heterocycles. The molecule has 2 fully saturated rings. The Labute approximate surface area is 138 Å². The fraction of sp³-hybridized carbons (Fsp3) is 0.706. The summed E-state index contributed by atoms with van der Waals surface area (Å²) in [6, 6.07) is 1.81. The number of rotatable bonds is 3. The van der Waals surface area contributed by atoms with E-state index in [9.17, 15) is 4.79 Å². The lowest BCUT2D eigenvalue weighted by Gasteiger charge is -2.40. The Bertz CT molecular complexity index is 507. The summed E-state index contributed by atoms with van der Waals surface area (Å²) in [6.45, 7) is 9.68. The third kappa shape index (κ3) is 3.80. The van der Waals surface area contributed by atoms with Gasteiger partial charge in [0.1, 0.15) is 0 Å². The molecule has 0 N–H and O–H groups in total. The predicted octanol–water partition coefficient (Wildman–Crippen LogP) is 1.25. The number of aromatic nitrogens is 2. The number of carbonyl (C=O) groups excluding carboxylic acids is 1. The van der Waals surface area contributed by atoms with Crippen LogP contribution in [-0.2, 0) is 4.79 Å². The number of piperidine rings is 1. The fourth-order valence-corrected chi connectivity index (χ4v) is 3.41. The number of hydrogen-bond acceptors (Lipinski definition) is 5. The smallest absolute Gasteiger partial charge is 0.239 e. The first kappa shape index (κ1) is 16.2. The van der Waals surface area contributed by atoms with Gasteiger partial charge in [0.15, 0.2) is 0 Å². The van der Waals surface area contributed by atoms with Crippen molar-refractivity contribution in [2.24, 2.45) is 5.92 Å². The lowest BCUT2D eigenvalue weighted by Crippen LogP contribution is -2.55. The molecule has 6 heteroatoms. The van der Waals surface area contributed by atoms with Crippen molar-refractivity contribution in [3.05, 3.63) is 18.5 Å². The van der Waals surface area contributed by atoms with Gasteiger partial charge in [0.2, 0.25) is 11.9 Å². The Morgan fingerprint density at radius 1 is 1.09 bits per heavy atom. The molecule has 23 heavy (non-hydrogen) atoms. The van der Waals surface area contributed by atoms with E-state index in [4.69, 9.17) is 0 Å². The van der Waals surface area contributed by atoms with Crippen molar-refractivity contribution in [2.45, 2.75) is 32.7 Å². The van der Waals surface area contributed by atoms with Gasteiger partial charge in [0.05, 0.1) is 6.04 Å². The minimum Gasteiger partial charge on any atom is -0.341 e. The summed E-state index contributed by atoms with van der Waals surface area (Å²) >= 11 is 0. The first-order valence-corrected chi connectivity index (χ1v) is 8.70. The topological polar surface area (TPSA) is 52.6 Å². The number of carbonyl (C=O) groups is 1. The van der Waals surface area contributed by atoms with Crippen molar-refractivity contribution in [1.82, 2.24) is 19.8 Å². The summed E-state index contributed by atoms with van der Waals surface area (Å²) in [5, 5.41) is 0. The van der Waals surface area contributed by atoms with E-state index in [0.29, 0.717) is 5.91 Å². The van der Waals surface area contributed by atoms with E-state index < -0.39 is 0 Å². The Hall–Kier alpha value is -1.69. The maximum Gasteiger partial charge on any atom is 0.239 e. The van der Waals surface area contributed by atoms with Gasteiger partial charge < -0.3 is 9.80 Å². The Morgan fingerprint density at radius 3 is 2.30 bits per heavy atom. The molecule has 0 aliphatic carbocycles. The first-order valence-electron chi connectivity index (χ1n) is 8.70. The Kier molecular flexibility index (Phi) is 5.10. The van der Waals surface area contributed by atoms with E-state index in [2.05, 4.69) is 38.5 Å². The van der Waals surface area contributed by atoms with Crippen molar-refractivity contribution in [3.8, 4) is 0 Å². The molecule has 2 aliphatic rings. The zero-order valence-corrected chi connectivity index (χ0v) is 14.2. The maximum absolute atomic E-state index is 12.7. The minimum atomic E-state index is -0.0257. The van der Waals surface area contributed by atoms with Crippen molar-refractivity contribution in [2.75, 3.05) is 44.2 Å². The van der Waals surface area contributed by atoms with Crippen molar-refractivity contribution in [3.63, 3.8) is 0 Å². The molecular weight excluding hydrogens is 290 g/mol. The highest BCUT2D eigenvalue weighted by molar-refractivity contribution is 5.81. The molecule has 0 radical (unpaired) electrons. The highest BCUT2D eigenvalue weighted by atomic mass is 16.2. The number of anilines is 1. The van der Waals surface area contributed by atoms with E-state index in [1.54, 1.807) is 12.4 Å². The van der Waals surface area contributed by atoms with Crippen LogP contribution in [0.4, 0.5) is 5.95 Å². The summed E-state index contributed by atoms with van der Waals surface area (Å²) in [4.78, 5) is 27.9. The van der Waals surface area contributed by atoms with E-state index >= 15 is 0 Å². The molecule has 3 rings (SSSR count). The van der Waals surface area contributed by atoms with Crippen LogP contribution < -0.4 is 4.90 Å². The average Bonchev–Trinajstić information content (AvgIpc) is 2.62. The maximum atomic E-state index is 12.7. The van der Waals surface area contributed by atoms with E-state index in [1.165, 1.54) is 0 Å². The highest BCUT2D eigenvalue weighted by Crippen LogP contribution is 2.19. The third-order valence-electron chi connectivity index (χ3n) is 5.15. The lowest BCUT2D eigenvalue weighted by atomic mass is 9.98. The lowest BCUT2D eigenvalue weighted by molar-refractivity contribution is -0.137. The molecule has 1 unspecified atom stereocenters. The molecule has 6 nitrogen and oxygen atoms in total. The van der Waals surface area contributed by atoms with Gasteiger partial charge in [-0.1, -0.05) is 6.92 Å². The highest BCUT2D eigenvalue weighted by Gasteiger charge is 2.30. The van der Waals surface area contributed by atoms with Gasteiger partial charge in [0.25, 0.3) is 0 Å². The summed E-state index contributed by atoms with van der Waals surface area (Å²) in [7, 11) is 0. The van der Waals surface area contributed by atoms with Crippen LogP contribution in [0.5, 0.6) is 0 Å². The van der Waals surface area contributed by atoms with Gasteiger partial charge in [-0.3, -0.25) is 9.69 Å².